The first-order valence-corrected chi connectivity index (χ1v) is 12.7. The van der Waals surface area contributed by atoms with Crippen LogP contribution in [-0.4, -0.2) is 72.9 Å². The van der Waals surface area contributed by atoms with Crippen molar-refractivity contribution in [3.05, 3.63) is 59.3 Å². The van der Waals surface area contributed by atoms with Crippen molar-refractivity contribution < 1.29 is 37.3 Å². The molecule has 3 aromatic rings. The van der Waals surface area contributed by atoms with Gasteiger partial charge in [0.1, 0.15) is 16.4 Å². The number of carbonyl (C=O) groups is 2. The fourth-order valence-electron chi connectivity index (χ4n) is 3.83. The number of carboxylic acid groups (broad SMARTS) is 1. The minimum Gasteiger partial charge on any atom is -0.497 e. The Bertz CT molecular complexity index is 1440. The molecule has 1 aromatic heterocycles. The van der Waals surface area contributed by atoms with E-state index in [2.05, 4.69) is 10.4 Å². The maximum absolute atomic E-state index is 13.6. The number of hydrogen-bond donors (Lipinski definition) is 2. The maximum Gasteiger partial charge on any atom is 0.356 e. The van der Waals surface area contributed by atoms with Crippen LogP contribution < -0.4 is 14.8 Å². The van der Waals surface area contributed by atoms with Crippen LogP contribution in [0.2, 0.25) is 0 Å². The lowest BCUT2D eigenvalue weighted by Gasteiger charge is -2.27. The van der Waals surface area contributed by atoms with Crippen molar-refractivity contribution in [1.29, 1.82) is 0 Å². The van der Waals surface area contributed by atoms with Crippen LogP contribution in [0.15, 0.2) is 47.4 Å². The highest BCUT2D eigenvalue weighted by Gasteiger charge is 2.31. The van der Waals surface area contributed by atoms with Crippen molar-refractivity contribution in [2.45, 2.75) is 11.8 Å². The molecule has 4 rings (SSSR count). The Hall–Kier alpha value is -3.94. The third-order valence-electron chi connectivity index (χ3n) is 5.75. The molecular formula is C24H26N4O8S. The van der Waals surface area contributed by atoms with Gasteiger partial charge in [-0.2, -0.15) is 9.40 Å². The molecule has 1 saturated heterocycles. The van der Waals surface area contributed by atoms with Crippen LogP contribution in [0.1, 0.15) is 26.4 Å². The van der Waals surface area contributed by atoms with Gasteiger partial charge in [-0.1, -0.05) is 6.07 Å². The van der Waals surface area contributed by atoms with Gasteiger partial charge in [0.05, 0.1) is 20.3 Å². The summed E-state index contributed by atoms with van der Waals surface area (Å²) >= 11 is 0. The summed E-state index contributed by atoms with van der Waals surface area (Å²) in [6.45, 7) is 2.30. The second-order valence-corrected chi connectivity index (χ2v) is 10.1. The average Bonchev–Trinajstić information content (AvgIpc) is 3.18. The summed E-state index contributed by atoms with van der Waals surface area (Å²) in [5.74, 6) is -1.17. The molecule has 2 N–H and O–H groups in total. The number of anilines is 1. The highest BCUT2D eigenvalue weighted by Crippen LogP contribution is 2.35. The van der Waals surface area contributed by atoms with E-state index in [1.807, 2.05) is 0 Å². The fraction of sp³-hybridized carbons (Fsp3) is 0.292. The number of aromatic nitrogens is 2. The standard InChI is InChI=1S/C24H26N4O8S/c1-15-21(24(30)31)26-27(2)23(15)36-19-8-7-17(25-22(29)16-5-4-6-18(13-16)34-3)14-20(19)37(32,33)28-9-11-35-12-10-28/h4-8,13-14H,9-12H2,1-3H3,(H,25,29)(H,30,31). The molecule has 1 fully saturated rings. The number of carboxylic acids is 1. The summed E-state index contributed by atoms with van der Waals surface area (Å²) in [6, 6.07) is 10.7. The van der Waals surface area contributed by atoms with Crippen LogP contribution in [0, 0.1) is 6.92 Å². The van der Waals surface area contributed by atoms with Gasteiger partial charge in [-0.15, -0.1) is 0 Å². The lowest BCUT2D eigenvalue weighted by atomic mass is 10.2. The van der Waals surface area contributed by atoms with Crippen molar-refractivity contribution >= 4 is 27.6 Å². The van der Waals surface area contributed by atoms with Gasteiger partial charge < -0.3 is 24.6 Å². The third kappa shape index (κ3) is 5.43. The molecular weight excluding hydrogens is 504 g/mol. The largest absolute Gasteiger partial charge is 0.497 e. The van der Waals surface area contributed by atoms with Crippen molar-refractivity contribution in [2.24, 2.45) is 7.05 Å². The zero-order valence-corrected chi connectivity index (χ0v) is 21.2. The summed E-state index contributed by atoms with van der Waals surface area (Å²) in [4.78, 5) is 24.1. The highest BCUT2D eigenvalue weighted by molar-refractivity contribution is 7.89. The summed E-state index contributed by atoms with van der Waals surface area (Å²) in [5, 5.41) is 16.0. The van der Waals surface area contributed by atoms with Crippen molar-refractivity contribution in [3.8, 4) is 17.4 Å². The average molecular weight is 531 g/mol. The molecule has 2 heterocycles. The van der Waals surface area contributed by atoms with Crippen LogP contribution in [-0.2, 0) is 21.8 Å². The van der Waals surface area contributed by atoms with Gasteiger partial charge >= 0.3 is 5.97 Å². The molecule has 0 unspecified atom stereocenters. The van der Waals surface area contributed by atoms with Gasteiger partial charge in [0.25, 0.3) is 5.91 Å². The SMILES string of the molecule is COc1cccc(C(=O)Nc2ccc(Oc3c(C)c(C(=O)O)nn3C)c(S(=O)(=O)N3CCOCC3)c2)c1. The van der Waals surface area contributed by atoms with E-state index in [9.17, 15) is 23.1 Å². The molecule has 0 spiro atoms. The molecule has 1 amide bonds. The second kappa shape index (κ2) is 10.6. The van der Waals surface area contributed by atoms with Gasteiger partial charge in [-0.25, -0.2) is 17.9 Å². The van der Waals surface area contributed by atoms with Crippen LogP contribution >= 0.6 is 0 Å². The molecule has 0 radical (unpaired) electrons. The topological polar surface area (TPSA) is 149 Å². The first kappa shape index (κ1) is 26.1. The Morgan fingerprint density at radius 1 is 1.14 bits per heavy atom. The lowest BCUT2D eigenvalue weighted by Crippen LogP contribution is -2.40. The van der Waals surface area contributed by atoms with Crippen molar-refractivity contribution in [2.75, 3.05) is 38.7 Å². The molecule has 0 atom stereocenters. The Kier molecular flexibility index (Phi) is 7.47. The molecule has 0 bridgehead atoms. The van der Waals surface area contributed by atoms with E-state index in [-0.39, 0.29) is 59.8 Å². The number of benzene rings is 2. The maximum atomic E-state index is 13.6. The number of methoxy groups -OCH3 is 1. The normalized spacial score (nSPS) is 14.2. The van der Waals surface area contributed by atoms with E-state index < -0.39 is 21.9 Å². The second-order valence-electron chi connectivity index (χ2n) is 8.17. The number of amides is 1. The molecule has 12 nitrogen and oxygen atoms in total. The summed E-state index contributed by atoms with van der Waals surface area (Å²) in [7, 11) is -1.09. The zero-order valence-electron chi connectivity index (χ0n) is 20.4. The monoisotopic (exact) mass is 530 g/mol. The minimum absolute atomic E-state index is 0.0473. The van der Waals surface area contributed by atoms with E-state index in [4.69, 9.17) is 14.2 Å². The quantitative estimate of drug-likeness (QED) is 0.448. The fourth-order valence-corrected chi connectivity index (χ4v) is 5.38. The molecule has 1 aliphatic rings. The number of carbonyl (C=O) groups excluding carboxylic acids is 1. The number of ether oxygens (including phenoxy) is 3. The molecule has 1 aliphatic heterocycles. The van der Waals surface area contributed by atoms with Crippen LogP contribution in [0.3, 0.4) is 0 Å². The van der Waals surface area contributed by atoms with Crippen LogP contribution in [0.5, 0.6) is 17.4 Å². The highest BCUT2D eigenvalue weighted by atomic mass is 32.2. The summed E-state index contributed by atoms with van der Waals surface area (Å²) < 4.78 is 46.1. The molecule has 0 saturated carbocycles. The Morgan fingerprint density at radius 3 is 2.51 bits per heavy atom. The number of sulfonamides is 1. The van der Waals surface area contributed by atoms with Crippen molar-refractivity contribution in [3.63, 3.8) is 0 Å². The lowest BCUT2D eigenvalue weighted by molar-refractivity contribution is 0.0688. The summed E-state index contributed by atoms with van der Waals surface area (Å²) in [6.07, 6.45) is 0. The van der Waals surface area contributed by atoms with E-state index in [1.54, 1.807) is 24.3 Å². The zero-order chi connectivity index (χ0) is 26.7. The number of aromatic carboxylic acids is 1. The van der Waals surface area contributed by atoms with E-state index >= 15 is 0 Å². The third-order valence-corrected chi connectivity index (χ3v) is 7.67. The van der Waals surface area contributed by atoms with Gasteiger partial charge in [0.2, 0.25) is 15.9 Å². The molecule has 2 aromatic carbocycles. The number of nitrogens with zero attached hydrogens (tertiary/aromatic N) is 3. The van der Waals surface area contributed by atoms with E-state index in [1.165, 1.54) is 48.3 Å². The molecule has 0 aliphatic carbocycles. The van der Waals surface area contributed by atoms with E-state index in [0.717, 1.165) is 0 Å². The number of nitrogens with one attached hydrogen (secondary N) is 1. The number of morpholine rings is 1. The minimum atomic E-state index is -4.07. The molecule has 13 heteroatoms. The van der Waals surface area contributed by atoms with Gasteiger partial charge in [0.15, 0.2) is 5.69 Å². The predicted octanol–water partition coefficient (Wildman–Crippen LogP) is 2.50. The van der Waals surface area contributed by atoms with Crippen LogP contribution in [0.4, 0.5) is 5.69 Å². The smallest absolute Gasteiger partial charge is 0.356 e. The van der Waals surface area contributed by atoms with Gasteiger partial charge in [0, 0.05) is 37.0 Å². The Labute approximate surface area is 213 Å². The number of rotatable bonds is 8. The predicted molar refractivity (Wildman–Crippen MR) is 132 cm³/mol. The Morgan fingerprint density at radius 2 is 1.86 bits per heavy atom. The van der Waals surface area contributed by atoms with Gasteiger partial charge in [-0.05, 0) is 43.3 Å². The first-order valence-electron chi connectivity index (χ1n) is 11.2. The van der Waals surface area contributed by atoms with Gasteiger partial charge in [-0.3, -0.25) is 4.79 Å². The van der Waals surface area contributed by atoms with Crippen LogP contribution in [0.25, 0.3) is 0 Å². The Balaban J connectivity index is 1.73. The van der Waals surface area contributed by atoms with Crippen molar-refractivity contribution in [1.82, 2.24) is 14.1 Å². The molecule has 196 valence electrons. The molecule has 37 heavy (non-hydrogen) atoms. The number of aryl methyl sites for hydroxylation is 1. The first-order chi connectivity index (χ1) is 17.6. The number of hydrogen-bond acceptors (Lipinski definition) is 8. The van der Waals surface area contributed by atoms with E-state index in [0.29, 0.717) is 11.3 Å². The summed E-state index contributed by atoms with van der Waals surface area (Å²) in [5.41, 5.74) is 0.571.